The number of carbonyl (C=O) groups is 1. The molecule has 2 atom stereocenters. The Labute approximate surface area is 144 Å². The summed E-state index contributed by atoms with van der Waals surface area (Å²) >= 11 is 1.59. The molecular formula is C18H19N3O2S. The van der Waals surface area contributed by atoms with Crippen LogP contribution < -0.4 is 10.6 Å². The van der Waals surface area contributed by atoms with Gasteiger partial charge in [0.1, 0.15) is 11.8 Å². The van der Waals surface area contributed by atoms with E-state index in [0.717, 1.165) is 10.6 Å². The van der Waals surface area contributed by atoms with Crippen LogP contribution in [-0.2, 0) is 0 Å². The lowest BCUT2D eigenvalue weighted by Crippen LogP contribution is -2.39. The van der Waals surface area contributed by atoms with Crippen molar-refractivity contribution < 1.29 is 9.21 Å². The predicted molar refractivity (Wildman–Crippen MR) is 94.1 cm³/mol. The quantitative estimate of drug-likeness (QED) is 0.714. The van der Waals surface area contributed by atoms with Crippen LogP contribution in [0.3, 0.4) is 0 Å². The second-order valence-corrected chi connectivity index (χ2v) is 6.41. The summed E-state index contributed by atoms with van der Waals surface area (Å²) in [5.74, 6) is 0.874. The fourth-order valence-corrected chi connectivity index (χ4v) is 3.11. The molecule has 24 heavy (non-hydrogen) atoms. The molecule has 0 radical (unpaired) electrons. The van der Waals surface area contributed by atoms with Crippen molar-refractivity contribution >= 4 is 17.4 Å². The van der Waals surface area contributed by atoms with Gasteiger partial charge in [0.15, 0.2) is 0 Å². The Morgan fingerprint density at radius 1 is 1.25 bits per heavy atom. The third-order valence-electron chi connectivity index (χ3n) is 3.68. The molecule has 2 amide bonds. The maximum atomic E-state index is 12.3. The van der Waals surface area contributed by atoms with E-state index in [-0.39, 0.29) is 18.0 Å². The van der Waals surface area contributed by atoms with Crippen molar-refractivity contribution in [2.24, 2.45) is 0 Å². The second kappa shape index (κ2) is 7.79. The van der Waals surface area contributed by atoms with Gasteiger partial charge in [-0.15, -0.1) is 11.3 Å². The molecule has 1 aromatic carbocycles. The molecule has 3 aromatic rings. The molecule has 0 saturated carbocycles. The highest BCUT2D eigenvalue weighted by Gasteiger charge is 2.19. The lowest BCUT2D eigenvalue weighted by molar-refractivity contribution is 0.236. The van der Waals surface area contributed by atoms with E-state index < -0.39 is 0 Å². The first-order valence-corrected chi connectivity index (χ1v) is 8.64. The number of hydrogen-bond acceptors (Lipinski definition) is 4. The number of thiazole rings is 1. The van der Waals surface area contributed by atoms with Crippen LogP contribution in [-0.4, -0.2) is 17.6 Å². The van der Waals surface area contributed by atoms with Crippen LogP contribution >= 0.6 is 11.3 Å². The van der Waals surface area contributed by atoms with E-state index in [9.17, 15) is 4.79 Å². The lowest BCUT2D eigenvalue weighted by atomic mass is 10.0. The van der Waals surface area contributed by atoms with Crippen molar-refractivity contribution in [2.75, 3.05) is 6.54 Å². The van der Waals surface area contributed by atoms with Crippen LogP contribution in [0.2, 0.25) is 0 Å². The molecule has 3 rings (SSSR count). The summed E-state index contributed by atoms with van der Waals surface area (Å²) in [5.41, 5.74) is 0.968. The summed E-state index contributed by atoms with van der Waals surface area (Å²) in [6.45, 7) is 2.57. The van der Waals surface area contributed by atoms with Crippen LogP contribution in [0.1, 0.15) is 35.2 Å². The van der Waals surface area contributed by atoms with Gasteiger partial charge in [-0.3, -0.25) is 0 Å². The zero-order valence-electron chi connectivity index (χ0n) is 13.3. The fourth-order valence-electron chi connectivity index (χ4n) is 2.41. The lowest BCUT2D eigenvalue weighted by Gasteiger charge is -2.18. The molecule has 0 bridgehead atoms. The Morgan fingerprint density at radius 2 is 2.08 bits per heavy atom. The van der Waals surface area contributed by atoms with Crippen molar-refractivity contribution in [3.8, 4) is 0 Å². The number of furan rings is 1. The Morgan fingerprint density at radius 3 is 2.75 bits per heavy atom. The normalized spacial score (nSPS) is 13.2. The van der Waals surface area contributed by atoms with Crippen molar-refractivity contribution in [1.82, 2.24) is 15.6 Å². The molecule has 2 heterocycles. The van der Waals surface area contributed by atoms with Gasteiger partial charge < -0.3 is 15.1 Å². The SMILES string of the molecule is C[C@@H](CNC(=O)N[C@H](c1ccccc1)c1ccco1)c1nccs1. The van der Waals surface area contributed by atoms with E-state index >= 15 is 0 Å². The predicted octanol–water partition coefficient (Wildman–Crippen LogP) is 3.93. The van der Waals surface area contributed by atoms with Crippen LogP contribution in [0.25, 0.3) is 0 Å². The van der Waals surface area contributed by atoms with Crippen LogP contribution in [0.5, 0.6) is 0 Å². The van der Waals surface area contributed by atoms with Crippen molar-refractivity contribution in [3.63, 3.8) is 0 Å². The molecule has 5 nitrogen and oxygen atoms in total. The van der Waals surface area contributed by atoms with Gasteiger partial charge in [-0.2, -0.15) is 0 Å². The number of benzene rings is 1. The van der Waals surface area contributed by atoms with E-state index in [1.165, 1.54) is 0 Å². The monoisotopic (exact) mass is 341 g/mol. The van der Waals surface area contributed by atoms with Crippen molar-refractivity contribution in [2.45, 2.75) is 18.9 Å². The molecule has 0 aliphatic rings. The van der Waals surface area contributed by atoms with E-state index in [4.69, 9.17) is 4.42 Å². The second-order valence-electron chi connectivity index (χ2n) is 5.48. The first kappa shape index (κ1) is 16.3. The van der Waals surface area contributed by atoms with Crippen LogP contribution in [0, 0.1) is 0 Å². The van der Waals surface area contributed by atoms with Gasteiger partial charge >= 0.3 is 6.03 Å². The van der Waals surface area contributed by atoms with Crippen LogP contribution in [0.4, 0.5) is 4.79 Å². The minimum absolute atomic E-state index is 0.175. The van der Waals surface area contributed by atoms with E-state index in [1.807, 2.05) is 54.8 Å². The summed E-state index contributed by atoms with van der Waals surface area (Å²) in [4.78, 5) is 16.6. The zero-order valence-corrected chi connectivity index (χ0v) is 14.1. The number of hydrogen-bond donors (Lipinski definition) is 2. The van der Waals surface area contributed by atoms with Crippen molar-refractivity contribution in [1.29, 1.82) is 0 Å². The summed E-state index contributed by atoms with van der Waals surface area (Å²) in [5, 5.41) is 8.84. The van der Waals surface area contributed by atoms with Gasteiger partial charge in [0.2, 0.25) is 0 Å². The number of urea groups is 1. The smallest absolute Gasteiger partial charge is 0.315 e. The third kappa shape index (κ3) is 4.02. The zero-order chi connectivity index (χ0) is 16.8. The Kier molecular flexibility index (Phi) is 5.28. The molecule has 0 aliphatic heterocycles. The molecule has 2 N–H and O–H groups in total. The minimum Gasteiger partial charge on any atom is -0.467 e. The molecule has 2 aromatic heterocycles. The first-order valence-electron chi connectivity index (χ1n) is 7.76. The topological polar surface area (TPSA) is 67.2 Å². The number of rotatable bonds is 6. The van der Waals surface area contributed by atoms with Gasteiger partial charge in [-0.25, -0.2) is 9.78 Å². The van der Waals surface area contributed by atoms with Gasteiger partial charge in [-0.05, 0) is 17.7 Å². The fraction of sp³-hybridized carbons (Fsp3) is 0.222. The first-order chi connectivity index (χ1) is 11.7. The summed E-state index contributed by atoms with van der Waals surface area (Å²) in [6.07, 6.45) is 3.38. The standard InChI is InChI=1S/C18H19N3O2S/c1-13(17-19-9-11-24-17)12-20-18(22)21-16(15-8-5-10-23-15)14-6-3-2-4-7-14/h2-11,13,16H,12H2,1H3,(H2,20,21,22)/t13-,16+/m0/s1. The van der Waals surface area contributed by atoms with E-state index in [0.29, 0.717) is 12.3 Å². The van der Waals surface area contributed by atoms with E-state index in [2.05, 4.69) is 15.6 Å². The average molecular weight is 341 g/mol. The summed E-state index contributed by atoms with van der Waals surface area (Å²) in [7, 11) is 0. The molecule has 0 saturated heterocycles. The number of carbonyl (C=O) groups excluding carboxylic acids is 1. The molecule has 124 valence electrons. The molecule has 0 aliphatic carbocycles. The number of amides is 2. The highest BCUT2D eigenvalue weighted by molar-refractivity contribution is 7.09. The number of nitrogens with one attached hydrogen (secondary N) is 2. The Balaban J connectivity index is 1.63. The Bertz CT molecular complexity index is 742. The van der Waals surface area contributed by atoms with Gasteiger partial charge in [0.05, 0.1) is 11.3 Å². The molecule has 0 spiro atoms. The highest BCUT2D eigenvalue weighted by Crippen LogP contribution is 2.22. The van der Waals surface area contributed by atoms with Gasteiger partial charge in [0, 0.05) is 24.0 Å². The molecule has 6 heteroatoms. The molecular weight excluding hydrogens is 322 g/mol. The maximum Gasteiger partial charge on any atom is 0.315 e. The maximum absolute atomic E-state index is 12.3. The van der Waals surface area contributed by atoms with Crippen molar-refractivity contribution in [3.05, 3.63) is 76.6 Å². The van der Waals surface area contributed by atoms with Gasteiger partial charge in [-0.1, -0.05) is 37.3 Å². The minimum atomic E-state index is -0.323. The largest absolute Gasteiger partial charge is 0.467 e. The third-order valence-corrected chi connectivity index (χ3v) is 4.68. The molecule has 0 fully saturated rings. The average Bonchev–Trinajstić information content (AvgIpc) is 3.31. The highest BCUT2D eigenvalue weighted by atomic mass is 32.1. The molecule has 0 unspecified atom stereocenters. The summed E-state index contributed by atoms with van der Waals surface area (Å²) in [6, 6.07) is 12.9. The summed E-state index contributed by atoms with van der Waals surface area (Å²) < 4.78 is 5.48. The van der Waals surface area contributed by atoms with Gasteiger partial charge in [0.25, 0.3) is 0 Å². The Hall–Kier alpha value is -2.60. The number of aromatic nitrogens is 1. The number of nitrogens with zero attached hydrogens (tertiary/aromatic N) is 1. The van der Waals surface area contributed by atoms with Crippen LogP contribution in [0.15, 0.2) is 64.7 Å². The van der Waals surface area contributed by atoms with E-state index in [1.54, 1.807) is 23.8 Å².